The molecule has 4 rings (SSSR count). The van der Waals surface area contributed by atoms with Gasteiger partial charge in [0.05, 0.1) is 5.60 Å². The highest BCUT2D eigenvalue weighted by Gasteiger charge is 2.77. The lowest BCUT2D eigenvalue weighted by Gasteiger charge is -2.47. The lowest BCUT2D eigenvalue weighted by Crippen LogP contribution is -2.56. The van der Waals surface area contributed by atoms with Gasteiger partial charge in [0.15, 0.2) is 0 Å². The summed E-state index contributed by atoms with van der Waals surface area (Å²) in [7, 11) is 0. The van der Waals surface area contributed by atoms with E-state index in [-0.39, 0.29) is 5.60 Å². The monoisotopic (exact) mass is 207 g/mol. The van der Waals surface area contributed by atoms with Crippen LogP contribution in [0, 0.1) is 11.8 Å². The fourth-order valence-corrected chi connectivity index (χ4v) is 5.10. The number of fused-ring (bicyclic) bond motifs is 2. The van der Waals surface area contributed by atoms with Crippen molar-refractivity contribution in [3.05, 3.63) is 0 Å². The lowest BCUT2D eigenvalue weighted by molar-refractivity contribution is 0.0821. The van der Waals surface area contributed by atoms with E-state index in [9.17, 15) is 0 Å². The second-order valence-electron chi connectivity index (χ2n) is 6.27. The normalized spacial score (nSPS) is 61.8. The van der Waals surface area contributed by atoms with Crippen LogP contribution in [0.3, 0.4) is 0 Å². The fraction of sp³-hybridized carbons (Fsp3) is 1.00. The Hall–Kier alpha value is -0.0800. The first-order valence-corrected chi connectivity index (χ1v) is 6.73. The molecular formula is C13H21NO. The molecule has 15 heavy (non-hydrogen) atoms. The molecule has 2 N–H and O–H groups in total. The molecule has 2 bridgehead atoms. The molecular weight excluding hydrogens is 186 g/mol. The standard InChI is InChI=1S/C13H21NO/c14-11-9-4-3-5-10(11)13-7-2-1-6-12(13,8-9)15-13/h9-11H,1-8,14H2/t9-,10-,11-,12-,13+/m0/s1. The molecule has 5 atom stereocenters. The molecule has 0 aromatic heterocycles. The molecule has 1 aliphatic heterocycles. The van der Waals surface area contributed by atoms with Gasteiger partial charge in [-0.25, -0.2) is 0 Å². The van der Waals surface area contributed by atoms with Gasteiger partial charge in [0.1, 0.15) is 5.60 Å². The Morgan fingerprint density at radius 1 is 1.07 bits per heavy atom. The van der Waals surface area contributed by atoms with Crippen molar-refractivity contribution >= 4 is 0 Å². The molecule has 1 heterocycles. The summed E-state index contributed by atoms with van der Waals surface area (Å²) < 4.78 is 6.32. The Kier molecular flexibility index (Phi) is 1.56. The zero-order chi connectivity index (χ0) is 10.1. The van der Waals surface area contributed by atoms with Gasteiger partial charge in [-0.05, 0) is 38.0 Å². The van der Waals surface area contributed by atoms with E-state index in [2.05, 4.69) is 0 Å². The first-order valence-electron chi connectivity index (χ1n) is 6.73. The highest BCUT2D eigenvalue weighted by Crippen LogP contribution is 2.69. The van der Waals surface area contributed by atoms with Crippen LogP contribution in [0.1, 0.15) is 51.4 Å². The van der Waals surface area contributed by atoms with Gasteiger partial charge >= 0.3 is 0 Å². The summed E-state index contributed by atoms with van der Waals surface area (Å²) in [5.74, 6) is 1.47. The number of hydrogen-bond donors (Lipinski definition) is 1. The maximum atomic E-state index is 6.42. The summed E-state index contributed by atoms with van der Waals surface area (Å²) >= 11 is 0. The van der Waals surface area contributed by atoms with Crippen LogP contribution >= 0.6 is 0 Å². The maximum Gasteiger partial charge on any atom is 0.102 e. The molecule has 2 heteroatoms. The van der Waals surface area contributed by atoms with E-state index in [1.54, 1.807) is 0 Å². The predicted molar refractivity (Wildman–Crippen MR) is 58.4 cm³/mol. The molecule has 0 amide bonds. The van der Waals surface area contributed by atoms with E-state index in [0.717, 1.165) is 5.92 Å². The van der Waals surface area contributed by atoms with Crippen molar-refractivity contribution < 1.29 is 4.74 Å². The van der Waals surface area contributed by atoms with Gasteiger partial charge in [-0.3, -0.25) is 0 Å². The zero-order valence-corrected chi connectivity index (χ0v) is 9.37. The van der Waals surface area contributed by atoms with Crippen LogP contribution < -0.4 is 5.73 Å². The minimum atomic E-state index is 0.265. The smallest absolute Gasteiger partial charge is 0.102 e. The first kappa shape index (κ1) is 9.00. The third kappa shape index (κ3) is 0.898. The van der Waals surface area contributed by atoms with E-state index >= 15 is 0 Å². The topological polar surface area (TPSA) is 38.5 Å². The largest absolute Gasteiger partial charge is 0.362 e. The number of epoxide rings is 1. The van der Waals surface area contributed by atoms with Crippen LogP contribution in [0.15, 0.2) is 0 Å². The molecule has 4 fully saturated rings. The van der Waals surface area contributed by atoms with Crippen LogP contribution in [0.4, 0.5) is 0 Å². The third-order valence-electron chi connectivity index (χ3n) is 5.78. The average Bonchev–Trinajstić information content (AvgIpc) is 2.88. The highest BCUT2D eigenvalue weighted by molar-refractivity contribution is 5.26. The van der Waals surface area contributed by atoms with Crippen molar-refractivity contribution in [3.63, 3.8) is 0 Å². The Labute approximate surface area is 91.5 Å². The second-order valence-corrected chi connectivity index (χ2v) is 6.27. The Morgan fingerprint density at radius 3 is 2.87 bits per heavy atom. The molecule has 0 aromatic rings. The van der Waals surface area contributed by atoms with Crippen LogP contribution in [-0.2, 0) is 4.74 Å². The molecule has 0 unspecified atom stereocenters. The van der Waals surface area contributed by atoms with Crippen molar-refractivity contribution in [1.29, 1.82) is 0 Å². The highest BCUT2D eigenvalue weighted by atomic mass is 16.6. The van der Waals surface area contributed by atoms with Crippen molar-refractivity contribution in [3.8, 4) is 0 Å². The van der Waals surface area contributed by atoms with Crippen molar-refractivity contribution in [2.24, 2.45) is 17.6 Å². The van der Waals surface area contributed by atoms with E-state index < -0.39 is 0 Å². The van der Waals surface area contributed by atoms with Crippen molar-refractivity contribution in [2.45, 2.75) is 68.6 Å². The molecule has 1 saturated heterocycles. The van der Waals surface area contributed by atoms with Gasteiger partial charge in [0.2, 0.25) is 0 Å². The quantitative estimate of drug-likeness (QED) is 0.618. The maximum absolute atomic E-state index is 6.42. The van der Waals surface area contributed by atoms with Gasteiger partial charge in [-0.2, -0.15) is 0 Å². The summed E-state index contributed by atoms with van der Waals surface area (Å²) in [5, 5.41) is 0. The molecule has 0 radical (unpaired) electrons. The average molecular weight is 207 g/mol. The molecule has 84 valence electrons. The number of rotatable bonds is 0. The van der Waals surface area contributed by atoms with Crippen LogP contribution in [0.5, 0.6) is 0 Å². The summed E-state index contributed by atoms with van der Waals surface area (Å²) in [4.78, 5) is 0. The summed E-state index contributed by atoms with van der Waals surface area (Å²) in [6.07, 6.45) is 10.8. The van der Waals surface area contributed by atoms with E-state index in [1.807, 2.05) is 0 Å². The lowest BCUT2D eigenvalue weighted by atomic mass is 9.56. The first-order chi connectivity index (χ1) is 7.28. The van der Waals surface area contributed by atoms with Crippen LogP contribution in [0.2, 0.25) is 0 Å². The van der Waals surface area contributed by atoms with E-state index in [0.29, 0.717) is 17.6 Å². The Bertz CT molecular complexity index is 305. The minimum absolute atomic E-state index is 0.265. The van der Waals surface area contributed by atoms with Gasteiger partial charge < -0.3 is 10.5 Å². The molecule has 3 aliphatic carbocycles. The number of hydrogen-bond acceptors (Lipinski definition) is 2. The molecule has 2 nitrogen and oxygen atoms in total. The Morgan fingerprint density at radius 2 is 1.93 bits per heavy atom. The number of nitrogens with two attached hydrogens (primary N) is 1. The predicted octanol–water partition coefficient (Wildman–Crippen LogP) is 2.22. The van der Waals surface area contributed by atoms with Crippen molar-refractivity contribution in [2.75, 3.05) is 0 Å². The third-order valence-corrected chi connectivity index (χ3v) is 5.78. The SMILES string of the molecule is N[C@H]1[C@H]2CCC[C@@H]1[C@]13CCCC[C@@]1(C2)O3. The molecule has 0 aromatic carbocycles. The van der Waals surface area contributed by atoms with Gasteiger partial charge in [0, 0.05) is 12.0 Å². The second kappa shape index (κ2) is 2.60. The van der Waals surface area contributed by atoms with Crippen LogP contribution in [0.25, 0.3) is 0 Å². The van der Waals surface area contributed by atoms with Gasteiger partial charge in [-0.1, -0.05) is 19.3 Å². The number of ether oxygens (including phenoxy) is 1. The summed E-state index contributed by atoms with van der Waals surface area (Å²) in [6.45, 7) is 0. The van der Waals surface area contributed by atoms with Gasteiger partial charge in [-0.15, -0.1) is 0 Å². The molecule has 3 saturated carbocycles. The molecule has 4 aliphatic rings. The fourth-order valence-electron chi connectivity index (χ4n) is 5.10. The summed E-state index contributed by atoms with van der Waals surface area (Å²) in [6, 6.07) is 0.451. The van der Waals surface area contributed by atoms with E-state index in [4.69, 9.17) is 10.5 Å². The van der Waals surface area contributed by atoms with E-state index in [1.165, 1.54) is 51.4 Å². The van der Waals surface area contributed by atoms with Crippen molar-refractivity contribution in [1.82, 2.24) is 0 Å². The zero-order valence-electron chi connectivity index (χ0n) is 9.37. The summed E-state index contributed by atoms with van der Waals surface area (Å²) in [5.41, 5.74) is 7.00. The Balaban J connectivity index is 1.74. The van der Waals surface area contributed by atoms with Gasteiger partial charge in [0.25, 0.3) is 0 Å². The van der Waals surface area contributed by atoms with Crippen LogP contribution in [-0.4, -0.2) is 17.2 Å². The minimum Gasteiger partial charge on any atom is -0.362 e. The molecule has 0 spiro atoms.